The Morgan fingerprint density at radius 3 is 1.66 bits per heavy atom. The Kier molecular flexibility index (Phi) is 5.77. The summed E-state index contributed by atoms with van der Waals surface area (Å²) in [6.07, 6.45) is 0. The van der Waals surface area contributed by atoms with Crippen molar-refractivity contribution < 1.29 is 4.42 Å². The third-order valence-electron chi connectivity index (χ3n) is 9.45. The number of oxazole rings is 1. The minimum atomic E-state index is 0.664. The Balaban J connectivity index is 1.54. The maximum atomic E-state index is 6.49. The van der Waals surface area contributed by atoms with Gasteiger partial charge >= 0.3 is 0 Å². The van der Waals surface area contributed by atoms with E-state index in [1.54, 1.807) is 0 Å². The normalized spacial score (nSPS) is 12.0. The van der Waals surface area contributed by atoms with Gasteiger partial charge in [-0.2, -0.15) is 0 Å². The van der Waals surface area contributed by atoms with Gasteiger partial charge in [-0.25, -0.2) is 4.98 Å². The zero-order valence-corrected chi connectivity index (χ0v) is 26.4. The average Bonchev–Trinajstić information content (AvgIpc) is 3.39. The van der Waals surface area contributed by atoms with Crippen molar-refractivity contribution in [3.8, 4) is 33.7 Å². The monoisotopic (exact) mass is 569 g/mol. The molecule has 0 unspecified atom stereocenters. The minimum absolute atomic E-state index is 0.664. The topological polar surface area (TPSA) is 26.0 Å². The highest BCUT2D eigenvalue weighted by molar-refractivity contribution is 6.30. The van der Waals surface area contributed by atoms with Crippen LogP contribution in [0, 0.1) is 48.5 Å². The van der Waals surface area contributed by atoms with Crippen LogP contribution in [0.5, 0.6) is 0 Å². The smallest absolute Gasteiger partial charge is 0.227 e. The van der Waals surface area contributed by atoms with E-state index < -0.39 is 0 Å². The van der Waals surface area contributed by atoms with Gasteiger partial charge in [0, 0.05) is 5.56 Å². The molecule has 0 aliphatic rings. The number of fused-ring (bicyclic) bond motifs is 1. The van der Waals surface area contributed by atoms with E-state index in [-0.39, 0.29) is 0 Å². The van der Waals surface area contributed by atoms with E-state index in [1.807, 2.05) is 6.07 Å². The van der Waals surface area contributed by atoms with Crippen LogP contribution < -0.4 is 0 Å². The van der Waals surface area contributed by atoms with Gasteiger partial charge in [0.05, 0.1) is 0 Å². The molecule has 0 spiro atoms. The molecule has 1 aromatic heterocycles. The molecule has 0 saturated carbocycles. The van der Waals surface area contributed by atoms with Crippen molar-refractivity contribution in [2.45, 2.75) is 48.5 Å². The predicted octanol–water partition coefficient (Wildman–Crippen LogP) is 11.9. The van der Waals surface area contributed by atoms with E-state index in [2.05, 4.69) is 127 Å². The summed E-state index contributed by atoms with van der Waals surface area (Å²) in [5, 5.41) is 7.53. The summed E-state index contributed by atoms with van der Waals surface area (Å²) in [7, 11) is 0. The molecule has 0 fully saturated rings. The Morgan fingerprint density at radius 2 is 1.00 bits per heavy atom. The largest absolute Gasteiger partial charge is 0.436 e. The number of hydrogen-bond acceptors (Lipinski definition) is 2. The first-order chi connectivity index (χ1) is 21.2. The third kappa shape index (κ3) is 3.90. The molecule has 0 aliphatic heterocycles. The number of nitrogens with zero attached hydrogens (tertiary/aromatic N) is 1. The van der Waals surface area contributed by atoms with Gasteiger partial charge in [0.25, 0.3) is 0 Å². The Bertz CT molecular complexity index is 2410. The lowest BCUT2D eigenvalue weighted by Crippen LogP contribution is -1.96. The lowest BCUT2D eigenvalue weighted by molar-refractivity contribution is 0.620. The highest BCUT2D eigenvalue weighted by atomic mass is 16.3. The molecule has 0 radical (unpaired) electrons. The first-order valence-corrected chi connectivity index (χ1v) is 15.5. The second-order valence-corrected chi connectivity index (χ2v) is 12.9. The summed E-state index contributed by atoms with van der Waals surface area (Å²) in [5.41, 5.74) is 16.8. The number of aryl methyl sites for hydroxylation is 7. The van der Waals surface area contributed by atoms with Gasteiger partial charge in [0.15, 0.2) is 5.58 Å². The lowest BCUT2D eigenvalue weighted by Gasteiger charge is -2.21. The van der Waals surface area contributed by atoms with Gasteiger partial charge in [0.1, 0.15) is 5.52 Å². The van der Waals surface area contributed by atoms with Gasteiger partial charge in [-0.3, -0.25) is 0 Å². The summed E-state index contributed by atoms with van der Waals surface area (Å²) >= 11 is 0. The SMILES string of the molecule is Cc1cc(C)c(-c2ccc3ccc4c(-c5c(C)cc(C)cc5C)cc(-c5nc6cc(C)ccc6o5)c5ccc2c3c54)c(C)c1. The van der Waals surface area contributed by atoms with Crippen molar-refractivity contribution in [3.05, 3.63) is 124 Å². The molecule has 8 rings (SSSR count). The molecule has 0 saturated heterocycles. The fraction of sp³-hybridized carbons (Fsp3) is 0.167. The van der Waals surface area contributed by atoms with Crippen molar-refractivity contribution >= 4 is 43.4 Å². The van der Waals surface area contributed by atoms with E-state index in [1.165, 1.54) is 93.5 Å². The molecule has 0 amide bonds. The number of hydrogen-bond donors (Lipinski definition) is 0. The van der Waals surface area contributed by atoms with Crippen molar-refractivity contribution in [2.24, 2.45) is 0 Å². The molecular formula is C42H35NO. The third-order valence-corrected chi connectivity index (χ3v) is 9.45. The summed E-state index contributed by atoms with van der Waals surface area (Å²) in [5.74, 6) is 0.664. The summed E-state index contributed by atoms with van der Waals surface area (Å²) < 4.78 is 6.49. The Hall–Kier alpha value is -4.95. The second kappa shape index (κ2) is 9.53. The number of rotatable bonds is 3. The fourth-order valence-electron chi connectivity index (χ4n) is 7.86. The molecule has 8 aromatic rings. The maximum absolute atomic E-state index is 6.49. The second-order valence-electron chi connectivity index (χ2n) is 12.9. The first-order valence-electron chi connectivity index (χ1n) is 15.5. The lowest BCUT2D eigenvalue weighted by atomic mass is 9.82. The standard InChI is InChI=1S/C42H35NO/c1-22-8-15-37-36(20-22)43-42(44-37)35-21-34(39-27(6)18-24(3)19-28(39)7)32-12-10-29-9-11-30(31-13-14-33(35)41(32)40(29)31)38-25(4)16-23(2)17-26(38)5/h8-21H,1-7H3. The molecule has 2 heteroatoms. The molecule has 0 aliphatic carbocycles. The fourth-order valence-corrected chi connectivity index (χ4v) is 7.86. The van der Waals surface area contributed by atoms with Gasteiger partial charge in [-0.15, -0.1) is 0 Å². The predicted molar refractivity (Wildman–Crippen MR) is 187 cm³/mol. The average molecular weight is 570 g/mol. The van der Waals surface area contributed by atoms with Crippen LogP contribution in [-0.2, 0) is 0 Å². The molecule has 2 nitrogen and oxygen atoms in total. The van der Waals surface area contributed by atoms with Crippen molar-refractivity contribution in [3.63, 3.8) is 0 Å². The Labute approximate surface area is 258 Å². The van der Waals surface area contributed by atoms with Gasteiger partial charge in [-0.05, 0) is 149 Å². The quantitative estimate of drug-likeness (QED) is 0.198. The molecule has 0 atom stereocenters. The van der Waals surface area contributed by atoms with Crippen molar-refractivity contribution in [1.29, 1.82) is 0 Å². The zero-order chi connectivity index (χ0) is 30.4. The minimum Gasteiger partial charge on any atom is -0.436 e. The van der Waals surface area contributed by atoms with Gasteiger partial charge in [0.2, 0.25) is 5.89 Å². The van der Waals surface area contributed by atoms with Crippen molar-refractivity contribution in [2.75, 3.05) is 0 Å². The van der Waals surface area contributed by atoms with E-state index in [4.69, 9.17) is 9.40 Å². The van der Waals surface area contributed by atoms with Crippen molar-refractivity contribution in [1.82, 2.24) is 4.98 Å². The number of benzene rings is 7. The van der Waals surface area contributed by atoms with Crippen LogP contribution in [0.1, 0.15) is 38.9 Å². The van der Waals surface area contributed by atoms with Crippen LogP contribution in [-0.4, -0.2) is 4.98 Å². The summed E-state index contributed by atoms with van der Waals surface area (Å²) in [6, 6.07) is 31.6. The van der Waals surface area contributed by atoms with Crippen LogP contribution in [0.3, 0.4) is 0 Å². The van der Waals surface area contributed by atoms with Crippen LogP contribution in [0.25, 0.3) is 77.1 Å². The van der Waals surface area contributed by atoms with E-state index in [0.717, 1.165) is 16.7 Å². The molecule has 0 bridgehead atoms. The van der Waals surface area contributed by atoms with Crippen LogP contribution in [0.4, 0.5) is 0 Å². The molecule has 44 heavy (non-hydrogen) atoms. The van der Waals surface area contributed by atoms with Crippen LogP contribution >= 0.6 is 0 Å². The van der Waals surface area contributed by atoms with Crippen LogP contribution in [0.2, 0.25) is 0 Å². The number of aromatic nitrogens is 1. The van der Waals surface area contributed by atoms with Crippen LogP contribution in [0.15, 0.2) is 89.3 Å². The van der Waals surface area contributed by atoms with E-state index in [0.29, 0.717) is 5.89 Å². The van der Waals surface area contributed by atoms with Gasteiger partial charge < -0.3 is 4.42 Å². The molecule has 214 valence electrons. The Morgan fingerprint density at radius 1 is 0.455 bits per heavy atom. The summed E-state index contributed by atoms with van der Waals surface area (Å²) in [6.45, 7) is 15.4. The highest BCUT2D eigenvalue weighted by Gasteiger charge is 2.22. The zero-order valence-electron chi connectivity index (χ0n) is 26.4. The molecular weight excluding hydrogens is 534 g/mol. The highest BCUT2D eigenvalue weighted by Crippen LogP contribution is 2.47. The molecule has 7 aromatic carbocycles. The molecule has 1 heterocycles. The molecule has 0 N–H and O–H groups in total. The first kappa shape index (κ1) is 26.7. The maximum Gasteiger partial charge on any atom is 0.227 e. The van der Waals surface area contributed by atoms with E-state index in [9.17, 15) is 0 Å². The van der Waals surface area contributed by atoms with Gasteiger partial charge in [-0.1, -0.05) is 77.9 Å². The summed E-state index contributed by atoms with van der Waals surface area (Å²) in [4.78, 5) is 5.05. The van der Waals surface area contributed by atoms with E-state index >= 15 is 0 Å².